The van der Waals surface area contributed by atoms with Gasteiger partial charge in [0.25, 0.3) is 5.91 Å². The second kappa shape index (κ2) is 6.26. The molecule has 0 aliphatic rings. The number of rotatable bonds is 3. The number of benzene rings is 2. The summed E-state index contributed by atoms with van der Waals surface area (Å²) in [5.41, 5.74) is 1.52. The molecule has 0 spiro atoms. The van der Waals surface area contributed by atoms with Crippen molar-refractivity contribution in [3.8, 4) is 11.3 Å². The molecule has 0 atom stereocenters. The Labute approximate surface area is 135 Å². The fourth-order valence-corrected chi connectivity index (χ4v) is 2.95. The lowest BCUT2D eigenvalue weighted by atomic mass is 10.1. The van der Waals surface area contributed by atoms with Crippen LogP contribution in [-0.2, 0) is 0 Å². The Bertz CT molecular complexity index is 862. The molecule has 1 aromatic heterocycles. The number of anilines is 1. The van der Waals surface area contributed by atoms with E-state index in [1.807, 2.05) is 13.0 Å². The third-order valence-electron chi connectivity index (χ3n) is 3.25. The van der Waals surface area contributed by atoms with Crippen LogP contribution in [0.1, 0.15) is 15.2 Å². The molecule has 3 nitrogen and oxygen atoms in total. The van der Waals surface area contributed by atoms with Crippen LogP contribution in [0.25, 0.3) is 11.3 Å². The van der Waals surface area contributed by atoms with Crippen molar-refractivity contribution < 1.29 is 13.6 Å². The van der Waals surface area contributed by atoms with Crippen LogP contribution < -0.4 is 5.32 Å². The topological polar surface area (TPSA) is 42.0 Å². The first-order chi connectivity index (χ1) is 11.0. The van der Waals surface area contributed by atoms with E-state index in [9.17, 15) is 13.6 Å². The van der Waals surface area contributed by atoms with Gasteiger partial charge in [-0.25, -0.2) is 13.8 Å². The third-order valence-corrected chi connectivity index (χ3v) is 4.13. The third kappa shape index (κ3) is 3.27. The van der Waals surface area contributed by atoms with Crippen LogP contribution in [0, 0.1) is 18.6 Å². The van der Waals surface area contributed by atoms with Gasteiger partial charge in [-0.1, -0.05) is 18.2 Å². The van der Waals surface area contributed by atoms with Crippen molar-refractivity contribution in [1.29, 1.82) is 0 Å². The Morgan fingerprint density at radius 2 is 1.83 bits per heavy atom. The number of nitrogens with one attached hydrogen (secondary N) is 1. The van der Waals surface area contributed by atoms with Crippen molar-refractivity contribution in [3.05, 3.63) is 70.6 Å². The summed E-state index contributed by atoms with van der Waals surface area (Å²) < 4.78 is 26.4. The fourth-order valence-electron chi connectivity index (χ4n) is 2.12. The lowest BCUT2D eigenvalue weighted by Gasteiger charge is -2.01. The van der Waals surface area contributed by atoms with Gasteiger partial charge in [0.05, 0.1) is 5.69 Å². The molecule has 23 heavy (non-hydrogen) atoms. The van der Waals surface area contributed by atoms with Gasteiger partial charge in [-0.2, -0.15) is 0 Å². The fraction of sp³-hybridized carbons (Fsp3) is 0.0588. The molecular weight excluding hydrogens is 318 g/mol. The minimum Gasteiger partial charge on any atom is -0.298 e. The lowest BCUT2D eigenvalue weighted by Crippen LogP contribution is -2.11. The Morgan fingerprint density at radius 1 is 1.09 bits per heavy atom. The van der Waals surface area contributed by atoms with Gasteiger partial charge < -0.3 is 0 Å². The Morgan fingerprint density at radius 3 is 2.52 bits per heavy atom. The molecule has 116 valence electrons. The van der Waals surface area contributed by atoms with Crippen molar-refractivity contribution in [2.24, 2.45) is 0 Å². The maximum Gasteiger partial charge on any atom is 0.257 e. The molecule has 3 aromatic rings. The van der Waals surface area contributed by atoms with Crippen molar-refractivity contribution in [1.82, 2.24) is 4.98 Å². The quantitative estimate of drug-likeness (QED) is 0.759. The molecular formula is C17H12F2N2OS. The number of amides is 1. The molecule has 1 N–H and O–H groups in total. The summed E-state index contributed by atoms with van der Waals surface area (Å²) >= 11 is 1.28. The number of carbonyl (C=O) groups is 1. The van der Waals surface area contributed by atoms with Crippen LogP contribution in [0.3, 0.4) is 0 Å². The normalized spacial score (nSPS) is 10.6. The zero-order valence-electron chi connectivity index (χ0n) is 12.1. The predicted octanol–water partition coefficient (Wildman–Crippen LogP) is 4.65. The highest BCUT2D eigenvalue weighted by molar-refractivity contribution is 7.16. The number of hydrogen-bond acceptors (Lipinski definition) is 3. The van der Waals surface area contributed by atoms with Crippen LogP contribution in [0.15, 0.2) is 48.5 Å². The molecule has 1 amide bonds. The van der Waals surface area contributed by atoms with Crippen molar-refractivity contribution in [3.63, 3.8) is 0 Å². The van der Waals surface area contributed by atoms with Crippen LogP contribution in [0.2, 0.25) is 0 Å². The van der Waals surface area contributed by atoms with Gasteiger partial charge in [-0.05, 0) is 37.3 Å². The molecule has 0 saturated carbocycles. The summed E-state index contributed by atoms with van der Waals surface area (Å²) in [5.74, 6) is -2.10. The monoisotopic (exact) mass is 330 g/mol. The summed E-state index contributed by atoms with van der Waals surface area (Å²) in [6.07, 6.45) is 0. The minimum absolute atomic E-state index is 0.267. The number of aromatic nitrogens is 1. The van der Waals surface area contributed by atoms with Crippen LogP contribution in [-0.4, -0.2) is 10.9 Å². The molecule has 0 saturated heterocycles. The van der Waals surface area contributed by atoms with Crippen molar-refractivity contribution >= 4 is 22.4 Å². The van der Waals surface area contributed by atoms with E-state index in [2.05, 4.69) is 10.3 Å². The van der Waals surface area contributed by atoms with Gasteiger partial charge in [0.15, 0.2) is 16.8 Å². The molecule has 0 aliphatic heterocycles. The van der Waals surface area contributed by atoms with E-state index in [1.165, 1.54) is 17.4 Å². The van der Waals surface area contributed by atoms with E-state index in [0.717, 1.165) is 17.0 Å². The highest BCUT2D eigenvalue weighted by Crippen LogP contribution is 2.31. The maximum atomic E-state index is 13.4. The molecule has 0 unspecified atom stereocenters. The molecule has 0 radical (unpaired) electrons. The minimum atomic E-state index is -0.926. The molecule has 0 aliphatic carbocycles. The van der Waals surface area contributed by atoms with Gasteiger partial charge in [-0.15, -0.1) is 11.3 Å². The highest BCUT2D eigenvalue weighted by atomic mass is 32.1. The van der Waals surface area contributed by atoms with Crippen LogP contribution >= 0.6 is 11.3 Å². The number of nitrogens with zero attached hydrogens (tertiary/aromatic N) is 1. The maximum absolute atomic E-state index is 13.4. The van der Waals surface area contributed by atoms with Crippen LogP contribution in [0.4, 0.5) is 13.9 Å². The lowest BCUT2D eigenvalue weighted by molar-refractivity contribution is 0.102. The first-order valence-electron chi connectivity index (χ1n) is 6.84. The van der Waals surface area contributed by atoms with Gasteiger partial charge in [-0.3, -0.25) is 10.1 Å². The largest absolute Gasteiger partial charge is 0.298 e. The van der Waals surface area contributed by atoms with Crippen molar-refractivity contribution in [2.75, 3.05) is 5.32 Å². The van der Waals surface area contributed by atoms with E-state index in [-0.39, 0.29) is 5.91 Å². The van der Waals surface area contributed by atoms with E-state index >= 15 is 0 Å². The number of halogens is 2. The molecule has 0 fully saturated rings. The van der Waals surface area contributed by atoms with E-state index in [4.69, 9.17) is 0 Å². The summed E-state index contributed by atoms with van der Waals surface area (Å²) in [4.78, 5) is 17.2. The van der Waals surface area contributed by atoms with Crippen molar-refractivity contribution in [2.45, 2.75) is 6.92 Å². The number of aryl methyl sites for hydroxylation is 1. The average Bonchev–Trinajstić information content (AvgIpc) is 2.91. The van der Waals surface area contributed by atoms with Gasteiger partial charge in [0, 0.05) is 16.0 Å². The zero-order valence-corrected chi connectivity index (χ0v) is 13.0. The van der Waals surface area contributed by atoms with Crippen LogP contribution in [0.5, 0.6) is 0 Å². The average molecular weight is 330 g/mol. The van der Waals surface area contributed by atoms with Gasteiger partial charge in [0.1, 0.15) is 0 Å². The molecule has 1 heterocycles. The number of hydrogen-bond donors (Lipinski definition) is 1. The Hall–Kier alpha value is -2.60. The molecule has 2 aromatic carbocycles. The summed E-state index contributed by atoms with van der Waals surface area (Å²) in [7, 11) is 0. The zero-order chi connectivity index (χ0) is 16.4. The summed E-state index contributed by atoms with van der Waals surface area (Å²) in [5, 5.41) is 3.13. The predicted molar refractivity (Wildman–Crippen MR) is 86.6 cm³/mol. The summed E-state index contributed by atoms with van der Waals surface area (Å²) in [6.45, 7) is 1.81. The van der Waals surface area contributed by atoms with Gasteiger partial charge >= 0.3 is 0 Å². The molecule has 0 bridgehead atoms. The van der Waals surface area contributed by atoms with Gasteiger partial charge in [0.2, 0.25) is 0 Å². The Balaban J connectivity index is 1.86. The highest BCUT2D eigenvalue weighted by Gasteiger charge is 2.14. The SMILES string of the molecule is Cc1sc(NC(=O)c2ccccc2)nc1-c1ccc(F)c(F)c1. The second-order valence-corrected chi connectivity index (χ2v) is 6.08. The second-order valence-electron chi connectivity index (χ2n) is 4.87. The first-order valence-corrected chi connectivity index (χ1v) is 7.65. The van der Waals surface area contributed by atoms with E-state index in [0.29, 0.717) is 22.0 Å². The smallest absolute Gasteiger partial charge is 0.257 e. The van der Waals surface area contributed by atoms with E-state index < -0.39 is 11.6 Å². The molecule has 3 rings (SSSR count). The first kappa shape index (κ1) is 15.3. The number of carbonyl (C=O) groups excluding carboxylic acids is 1. The number of thiazole rings is 1. The standard InChI is InChI=1S/C17H12F2N2OS/c1-10-15(12-7-8-13(18)14(19)9-12)20-17(23-10)21-16(22)11-5-3-2-4-6-11/h2-9H,1H3,(H,20,21,22). The summed E-state index contributed by atoms with van der Waals surface area (Å²) in [6, 6.07) is 12.4. The Kier molecular flexibility index (Phi) is 4.16. The van der Waals surface area contributed by atoms with E-state index in [1.54, 1.807) is 24.3 Å². The molecule has 6 heteroatoms.